The van der Waals surface area contributed by atoms with Gasteiger partial charge in [-0.15, -0.1) is 0 Å². The van der Waals surface area contributed by atoms with Crippen molar-refractivity contribution < 1.29 is 74.2 Å². The van der Waals surface area contributed by atoms with E-state index in [-0.39, 0.29) is 48.8 Å². The van der Waals surface area contributed by atoms with Crippen LogP contribution < -0.4 is 45.3 Å². The zero-order valence-electron chi connectivity index (χ0n) is 22.9. The molecule has 0 bridgehead atoms. The van der Waals surface area contributed by atoms with Crippen molar-refractivity contribution >= 4 is 23.7 Å². The Morgan fingerprint density at radius 3 is 2.05 bits per heavy atom. The first-order chi connectivity index (χ1) is 17.6. The summed E-state index contributed by atoms with van der Waals surface area (Å²) in [6.45, 7) is 2.66. The summed E-state index contributed by atoms with van der Waals surface area (Å²) < 4.78 is 5.39. The number of rotatable bonds is 18. The fraction of sp³-hybridized carbons (Fsp3) is 0.840. The number of carbonyl (C=O) groups is 3. The Hall–Kier alpha value is -1.28. The van der Waals surface area contributed by atoms with Crippen molar-refractivity contribution in [2.45, 2.75) is 128 Å². The number of nitrogens with zero attached hydrogens (tertiary/aromatic N) is 1. The van der Waals surface area contributed by atoms with Crippen molar-refractivity contribution in [1.29, 1.82) is 0 Å². The average molecular weight is 554 g/mol. The van der Waals surface area contributed by atoms with Gasteiger partial charge in [-0.05, 0) is 25.7 Å². The number of aliphatic hydroxyl groups excluding tert-OH is 3. The summed E-state index contributed by atoms with van der Waals surface area (Å²) >= 11 is 0. The molecule has 1 rings (SSSR count). The zero-order valence-corrected chi connectivity index (χ0v) is 24.9. The number of aliphatic imine (C=N–C) groups is 1. The minimum Gasteiger partial charge on any atom is -0.862 e. The molecule has 1 heterocycles. The van der Waals surface area contributed by atoms with E-state index in [1.54, 1.807) is 0 Å². The molecule has 0 saturated carbocycles. The van der Waals surface area contributed by atoms with E-state index in [0.29, 0.717) is 6.42 Å². The number of aliphatic hydroxyl groups is 3. The second-order valence-electron chi connectivity index (χ2n) is 9.54. The number of unbranched alkanes of at least 4 members (excludes halogenated alkanes) is 8. The quantitative estimate of drug-likeness (QED) is 0.0442. The van der Waals surface area contributed by atoms with Gasteiger partial charge in [-0.3, -0.25) is 14.6 Å². The Balaban J connectivity index is 0.0000137. The van der Waals surface area contributed by atoms with Crippen LogP contribution >= 0.6 is 0 Å². The molecule has 0 spiro atoms. The molecule has 38 heavy (non-hydrogen) atoms. The van der Waals surface area contributed by atoms with Crippen LogP contribution in [0.5, 0.6) is 0 Å². The van der Waals surface area contributed by atoms with Crippen LogP contribution in [0.15, 0.2) is 4.99 Å². The Morgan fingerprint density at radius 1 is 0.947 bits per heavy atom. The SMILES string of the molecule is CCCCCCCCCCCC(=O)N[C@@H](CCC(=O)N[C@@H]1O[C@H](CO)[C@@H](O)[C@H](O)[C@H]1N=C(C)[O-])C(=O)O.[Na+]. The number of nitrogens with one attached hydrogen (secondary N) is 2. The van der Waals surface area contributed by atoms with E-state index in [9.17, 15) is 39.9 Å². The summed E-state index contributed by atoms with van der Waals surface area (Å²) in [5.74, 6) is -3.00. The van der Waals surface area contributed by atoms with E-state index in [0.717, 1.165) is 26.2 Å². The summed E-state index contributed by atoms with van der Waals surface area (Å²) in [6, 6.07) is -2.58. The molecule has 0 unspecified atom stereocenters. The molecule has 6 atom stereocenters. The molecular weight excluding hydrogens is 509 g/mol. The van der Waals surface area contributed by atoms with Crippen molar-refractivity contribution in [3.05, 3.63) is 0 Å². The first-order valence-electron chi connectivity index (χ1n) is 13.3. The fourth-order valence-electron chi connectivity index (χ4n) is 4.20. The Labute approximate surface area is 246 Å². The monoisotopic (exact) mass is 553 g/mol. The van der Waals surface area contributed by atoms with Gasteiger partial charge in [0, 0.05) is 12.8 Å². The van der Waals surface area contributed by atoms with E-state index in [2.05, 4.69) is 22.5 Å². The predicted octanol–water partition coefficient (Wildman–Crippen LogP) is -3.04. The number of hydrogen-bond donors (Lipinski definition) is 6. The summed E-state index contributed by atoms with van der Waals surface area (Å²) in [7, 11) is 0. The van der Waals surface area contributed by atoms with Crippen LogP contribution in [0.2, 0.25) is 0 Å². The van der Waals surface area contributed by atoms with Crippen molar-refractivity contribution in [2.75, 3.05) is 6.61 Å². The minimum absolute atomic E-state index is 0. The van der Waals surface area contributed by atoms with Crippen LogP contribution in [-0.2, 0) is 19.1 Å². The molecule has 6 N–H and O–H groups in total. The first kappa shape index (κ1) is 36.7. The second kappa shape index (κ2) is 20.6. The fourth-order valence-corrected chi connectivity index (χ4v) is 4.20. The van der Waals surface area contributed by atoms with E-state index in [4.69, 9.17) is 4.74 Å². The first-order valence-corrected chi connectivity index (χ1v) is 13.3. The Bertz CT molecular complexity index is 737. The molecule has 0 aromatic carbocycles. The Kier molecular flexibility index (Phi) is 19.9. The van der Waals surface area contributed by atoms with Crippen LogP contribution in [0.3, 0.4) is 0 Å². The smallest absolute Gasteiger partial charge is 0.862 e. The third-order valence-electron chi connectivity index (χ3n) is 6.33. The topological polar surface area (TPSA) is 201 Å². The summed E-state index contributed by atoms with van der Waals surface area (Å²) in [5.41, 5.74) is 0. The number of carboxylic acids is 1. The van der Waals surface area contributed by atoms with Crippen LogP contribution in [0, 0.1) is 0 Å². The van der Waals surface area contributed by atoms with Gasteiger partial charge >= 0.3 is 35.5 Å². The van der Waals surface area contributed by atoms with Crippen molar-refractivity contribution in [2.24, 2.45) is 4.99 Å². The van der Waals surface area contributed by atoms with Gasteiger partial charge in [-0.2, -0.15) is 0 Å². The maximum atomic E-state index is 12.5. The second-order valence-corrected chi connectivity index (χ2v) is 9.54. The van der Waals surface area contributed by atoms with Gasteiger partial charge in [-0.1, -0.05) is 58.3 Å². The number of aliphatic carboxylic acids is 1. The normalized spacial score (nSPS) is 24.2. The summed E-state index contributed by atoms with van der Waals surface area (Å²) in [4.78, 5) is 39.9. The molecule has 1 aliphatic heterocycles. The molecule has 0 aromatic rings. The van der Waals surface area contributed by atoms with E-state index < -0.39 is 66.9 Å². The third-order valence-corrected chi connectivity index (χ3v) is 6.33. The van der Waals surface area contributed by atoms with E-state index in [1.165, 1.54) is 32.1 Å². The van der Waals surface area contributed by atoms with Crippen molar-refractivity contribution in [3.8, 4) is 0 Å². The molecule has 1 aliphatic rings. The maximum absolute atomic E-state index is 12.5. The number of hydrogen-bond acceptors (Lipinski definition) is 9. The van der Waals surface area contributed by atoms with Crippen LogP contribution in [0.25, 0.3) is 0 Å². The van der Waals surface area contributed by atoms with E-state index in [1.807, 2.05) is 0 Å². The van der Waals surface area contributed by atoms with Crippen LogP contribution in [-0.4, -0.2) is 87.3 Å². The zero-order chi connectivity index (χ0) is 27.8. The molecule has 2 amide bonds. The standard InChI is InChI=1S/C25H45N3O9.Na/c1-3-4-5-6-7-8-9-10-11-12-19(31)27-17(25(35)36)13-14-20(32)28-24-21(26-16(2)30)23(34)22(33)18(15-29)37-24;/h17-18,21-24,29,33-34H,3-15H2,1-2H3,(H,26,30)(H,27,31)(H,28,32)(H,35,36);/q;+1/p-1/t17-,18+,21+,22+,23+,24+;/m0./s1. The van der Waals surface area contributed by atoms with Gasteiger partial charge in [0.05, 0.1) is 6.61 Å². The molecule has 12 nitrogen and oxygen atoms in total. The molecular formula is C25H44N3NaO9. The van der Waals surface area contributed by atoms with Crippen molar-refractivity contribution in [3.63, 3.8) is 0 Å². The van der Waals surface area contributed by atoms with E-state index >= 15 is 0 Å². The molecule has 0 aliphatic carbocycles. The number of carbonyl (C=O) groups excluding carboxylic acids is 2. The summed E-state index contributed by atoms with van der Waals surface area (Å²) in [5, 5.41) is 55.4. The summed E-state index contributed by atoms with van der Waals surface area (Å²) in [6.07, 6.45) is 3.92. The molecule has 0 radical (unpaired) electrons. The van der Waals surface area contributed by atoms with Gasteiger partial charge < -0.3 is 40.9 Å². The van der Waals surface area contributed by atoms with Gasteiger partial charge in [0.1, 0.15) is 30.4 Å². The number of amides is 2. The van der Waals surface area contributed by atoms with Crippen molar-refractivity contribution in [1.82, 2.24) is 10.6 Å². The predicted molar refractivity (Wildman–Crippen MR) is 133 cm³/mol. The average Bonchev–Trinajstić information content (AvgIpc) is 2.84. The molecule has 1 fully saturated rings. The third kappa shape index (κ3) is 14.2. The Morgan fingerprint density at radius 2 is 1.53 bits per heavy atom. The maximum Gasteiger partial charge on any atom is 1.00 e. The van der Waals surface area contributed by atoms with Gasteiger partial charge in [0.2, 0.25) is 11.8 Å². The van der Waals surface area contributed by atoms with Gasteiger partial charge in [0.25, 0.3) is 0 Å². The van der Waals surface area contributed by atoms with Crippen LogP contribution in [0.1, 0.15) is 90.9 Å². The molecule has 214 valence electrons. The number of carboxylic acid groups (broad SMARTS) is 1. The molecule has 0 aromatic heterocycles. The minimum atomic E-state index is -1.58. The van der Waals surface area contributed by atoms with Gasteiger partial charge in [-0.25, -0.2) is 4.79 Å². The number of ether oxygens (including phenoxy) is 1. The van der Waals surface area contributed by atoms with Crippen LogP contribution in [0.4, 0.5) is 0 Å². The molecule has 13 heteroatoms. The molecule has 1 saturated heterocycles. The van der Waals surface area contributed by atoms with Gasteiger partial charge in [0.15, 0.2) is 6.23 Å². The largest absolute Gasteiger partial charge is 1.00 e.